The smallest absolute Gasteiger partial charge is 0.237 e. The molecular weight excluding hydrogens is 218 g/mol. The van der Waals surface area contributed by atoms with Crippen molar-refractivity contribution in [2.45, 2.75) is 50.6 Å². The van der Waals surface area contributed by atoms with Gasteiger partial charge in [-0.05, 0) is 31.6 Å². The molecule has 0 aromatic rings. The number of nitrogens with one attached hydrogen (secondary N) is 2. The zero-order valence-electron chi connectivity index (χ0n) is 10.1. The van der Waals surface area contributed by atoms with Crippen LogP contribution in [0.5, 0.6) is 0 Å². The van der Waals surface area contributed by atoms with Crippen molar-refractivity contribution in [1.82, 2.24) is 10.6 Å². The fourth-order valence-electron chi connectivity index (χ4n) is 3.00. The van der Waals surface area contributed by atoms with E-state index < -0.39 is 5.91 Å². The van der Waals surface area contributed by atoms with Crippen LogP contribution in [0.1, 0.15) is 38.5 Å². The minimum absolute atomic E-state index is 0.0644. The molecule has 0 aromatic carbocycles. The third kappa shape index (κ3) is 3.19. The largest absolute Gasteiger partial charge is 0.368 e. The lowest BCUT2D eigenvalue weighted by molar-refractivity contribution is -0.127. The Morgan fingerprint density at radius 1 is 1.18 bits per heavy atom. The number of rotatable bonds is 3. The second-order valence-electron chi connectivity index (χ2n) is 5.13. The maximum atomic E-state index is 11.8. The molecule has 1 aliphatic carbocycles. The van der Waals surface area contributed by atoms with Crippen LogP contribution in [-0.2, 0) is 9.59 Å². The Kier molecular flexibility index (Phi) is 3.99. The number of fused-ring (bicyclic) bond motifs is 1. The van der Waals surface area contributed by atoms with Gasteiger partial charge in [-0.1, -0.05) is 12.8 Å². The molecule has 2 aliphatic rings. The average Bonchev–Trinajstić information content (AvgIpc) is 2.35. The molecule has 1 saturated heterocycles. The quantitative estimate of drug-likeness (QED) is 0.643. The Morgan fingerprint density at radius 3 is 2.71 bits per heavy atom. The summed E-state index contributed by atoms with van der Waals surface area (Å²) in [6.45, 7) is -0.0644. The molecule has 5 heteroatoms. The Morgan fingerprint density at radius 2 is 1.94 bits per heavy atom. The minimum Gasteiger partial charge on any atom is -0.368 e. The summed E-state index contributed by atoms with van der Waals surface area (Å²) in [5.74, 6) is 0.154. The summed E-state index contributed by atoms with van der Waals surface area (Å²) < 4.78 is 0. The maximum absolute atomic E-state index is 11.8. The molecule has 5 nitrogen and oxygen atoms in total. The first kappa shape index (κ1) is 12.4. The van der Waals surface area contributed by atoms with Gasteiger partial charge in [-0.2, -0.15) is 0 Å². The van der Waals surface area contributed by atoms with E-state index in [0.29, 0.717) is 6.04 Å². The van der Waals surface area contributed by atoms with Gasteiger partial charge in [-0.3, -0.25) is 9.59 Å². The second kappa shape index (κ2) is 5.49. The summed E-state index contributed by atoms with van der Waals surface area (Å²) >= 11 is 0. The van der Waals surface area contributed by atoms with Crippen LogP contribution in [-0.4, -0.2) is 30.4 Å². The molecule has 2 fully saturated rings. The number of nitrogens with two attached hydrogens (primary N) is 1. The van der Waals surface area contributed by atoms with E-state index in [4.69, 9.17) is 5.73 Å². The van der Waals surface area contributed by atoms with E-state index >= 15 is 0 Å². The Hall–Kier alpha value is -1.10. The standard InChI is InChI=1S/C12H21N3O2/c13-11(16)7-14-12(17)10-6-5-8-3-1-2-4-9(8)15-10/h8-10,15H,1-7H2,(H2,13,16)(H,14,17). The first-order valence-corrected chi connectivity index (χ1v) is 6.49. The van der Waals surface area contributed by atoms with E-state index in [2.05, 4.69) is 10.6 Å². The molecule has 0 bridgehead atoms. The van der Waals surface area contributed by atoms with Gasteiger partial charge in [0.15, 0.2) is 0 Å². The summed E-state index contributed by atoms with van der Waals surface area (Å²) in [6, 6.07) is 0.343. The summed E-state index contributed by atoms with van der Waals surface area (Å²) in [5, 5.41) is 5.99. The minimum atomic E-state index is -0.496. The van der Waals surface area contributed by atoms with E-state index in [9.17, 15) is 9.59 Å². The van der Waals surface area contributed by atoms with Crippen molar-refractivity contribution in [2.75, 3.05) is 6.54 Å². The van der Waals surface area contributed by atoms with Crippen molar-refractivity contribution < 1.29 is 9.59 Å². The van der Waals surface area contributed by atoms with Gasteiger partial charge in [0.25, 0.3) is 0 Å². The normalized spacial score (nSPS) is 32.6. The average molecular weight is 239 g/mol. The molecule has 2 rings (SSSR count). The lowest BCUT2D eigenvalue weighted by Crippen LogP contribution is -2.55. The molecule has 3 unspecified atom stereocenters. The van der Waals surface area contributed by atoms with Crippen LogP contribution in [0.3, 0.4) is 0 Å². The zero-order chi connectivity index (χ0) is 12.3. The highest BCUT2D eigenvalue weighted by Crippen LogP contribution is 2.32. The number of hydrogen-bond acceptors (Lipinski definition) is 3. The molecule has 96 valence electrons. The molecule has 1 heterocycles. The van der Waals surface area contributed by atoms with Crippen LogP contribution in [0.2, 0.25) is 0 Å². The highest BCUT2D eigenvalue weighted by atomic mass is 16.2. The van der Waals surface area contributed by atoms with E-state index in [1.54, 1.807) is 0 Å². The Bertz CT molecular complexity index is 306. The van der Waals surface area contributed by atoms with Crippen LogP contribution >= 0.6 is 0 Å². The van der Waals surface area contributed by atoms with Crippen LogP contribution in [0.4, 0.5) is 0 Å². The van der Waals surface area contributed by atoms with Crippen molar-refractivity contribution in [1.29, 1.82) is 0 Å². The molecule has 1 saturated carbocycles. The monoisotopic (exact) mass is 239 g/mol. The summed E-state index contributed by atoms with van der Waals surface area (Å²) in [4.78, 5) is 22.4. The fraction of sp³-hybridized carbons (Fsp3) is 0.833. The first-order chi connectivity index (χ1) is 8.16. The van der Waals surface area contributed by atoms with E-state index in [-0.39, 0.29) is 18.5 Å². The molecule has 0 radical (unpaired) electrons. The number of carbonyl (C=O) groups is 2. The highest BCUT2D eigenvalue weighted by Gasteiger charge is 2.34. The third-order valence-electron chi connectivity index (χ3n) is 3.90. The predicted molar refractivity (Wildman–Crippen MR) is 64.1 cm³/mol. The van der Waals surface area contributed by atoms with E-state index in [1.807, 2.05) is 0 Å². The predicted octanol–water partition coefficient (Wildman–Crippen LogP) is -0.101. The molecule has 4 N–H and O–H groups in total. The number of amides is 2. The number of hydrogen-bond donors (Lipinski definition) is 3. The molecule has 2 amide bonds. The molecule has 17 heavy (non-hydrogen) atoms. The van der Waals surface area contributed by atoms with Gasteiger partial charge in [-0.25, -0.2) is 0 Å². The van der Waals surface area contributed by atoms with Crippen molar-refractivity contribution in [3.63, 3.8) is 0 Å². The zero-order valence-corrected chi connectivity index (χ0v) is 10.1. The van der Waals surface area contributed by atoms with Crippen LogP contribution < -0.4 is 16.4 Å². The number of carbonyl (C=O) groups excluding carboxylic acids is 2. The van der Waals surface area contributed by atoms with Gasteiger partial charge in [-0.15, -0.1) is 0 Å². The van der Waals surface area contributed by atoms with Gasteiger partial charge in [0.05, 0.1) is 12.6 Å². The highest BCUT2D eigenvalue weighted by molar-refractivity contribution is 5.86. The van der Waals surface area contributed by atoms with Crippen molar-refractivity contribution in [2.24, 2.45) is 11.7 Å². The Labute approximate surface area is 102 Å². The van der Waals surface area contributed by atoms with Crippen LogP contribution in [0, 0.1) is 5.92 Å². The topological polar surface area (TPSA) is 84.2 Å². The summed E-state index contributed by atoms with van der Waals surface area (Å²) in [7, 11) is 0. The van der Waals surface area contributed by atoms with Crippen molar-refractivity contribution >= 4 is 11.8 Å². The third-order valence-corrected chi connectivity index (χ3v) is 3.90. The Balaban J connectivity index is 1.82. The first-order valence-electron chi connectivity index (χ1n) is 6.49. The van der Waals surface area contributed by atoms with Gasteiger partial charge >= 0.3 is 0 Å². The lowest BCUT2D eigenvalue weighted by atomic mass is 9.77. The molecule has 0 spiro atoms. The van der Waals surface area contributed by atoms with Gasteiger partial charge in [0, 0.05) is 6.04 Å². The van der Waals surface area contributed by atoms with Crippen molar-refractivity contribution in [3.8, 4) is 0 Å². The van der Waals surface area contributed by atoms with Gasteiger partial charge in [0.1, 0.15) is 0 Å². The van der Waals surface area contributed by atoms with Crippen LogP contribution in [0.15, 0.2) is 0 Å². The molecule has 3 atom stereocenters. The summed E-state index contributed by atoms with van der Waals surface area (Å²) in [6.07, 6.45) is 7.01. The molecule has 0 aromatic heterocycles. The second-order valence-corrected chi connectivity index (χ2v) is 5.13. The van der Waals surface area contributed by atoms with Crippen molar-refractivity contribution in [3.05, 3.63) is 0 Å². The number of primary amides is 1. The SMILES string of the molecule is NC(=O)CNC(=O)C1CCC2CCCCC2N1. The lowest BCUT2D eigenvalue weighted by Gasteiger charge is -2.39. The fourth-order valence-corrected chi connectivity index (χ4v) is 3.00. The van der Waals surface area contributed by atoms with Gasteiger partial charge < -0.3 is 16.4 Å². The molecular formula is C12H21N3O2. The number of piperidine rings is 1. The van der Waals surface area contributed by atoms with Gasteiger partial charge in [0.2, 0.25) is 11.8 Å². The summed E-state index contributed by atoms with van der Waals surface area (Å²) in [5.41, 5.74) is 5.00. The van der Waals surface area contributed by atoms with Crippen LogP contribution in [0.25, 0.3) is 0 Å². The van der Waals surface area contributed by atoms with E-state index in [0.717, 1.165) is 18.8 Å². The maximum Gasteiger partial charge on any atom is 0.237 e. The van der Waals surface area contributed by atoms with E-state index in [1.165, 1.54) is 25.7 Å². The molecule has 1 aliphatic heterocycles.